The highest BCUT2D eigenvalue weighted by atomic mass is 32.2. The lowest BCUT2D eigenvalue weighted by Gasteiger charge is -2.35. The Kier molecular flexibility index (Phi) is 6.30. The van der Waals surface area contributed by atoms with Crippen molar-refractivity contribution in [3.8, 4) is 0 Å². The minimum absolute atomic E-state index is 0.0444. The number of anilines is 1. The second-order valence-corrected chi connectivity index (χ2v) is 7.04. The topological polar surface area (TPSA) is 79.9 Å². The van der Waals surface area contributed by atoms with Gasteiger partial charge in [-0.2, -0.15) is 0 Å². The molecular weight excluding hydrogens is 342 g/mol. The first-order valence-corrected chi connectivity index (χ1v) is 9.27. The number of rotatable bonds is 6. The average molecular weight is 365 g/mol. The van der Waals surface area contributed by atoms with E-state index in [1.165, 1.54) is 11.8 Å². The number of hydrogen-bond acceptors (Lipinski definition) is 6. The number of amides is 2. The SMILES string of the molecule is COCCCNC(=O)c1ccc2c(c1)NC(=O)C(N1CCOCC1)S2. The first-order valence-electron chi connectivity index (χ1n) is 8.39. The van der Waals surface area contributed by atoms with Crippen molar-refractivity contribution in [2.45, 2.75) is 16.7 Å². The molecule has 2 aliphatic heterocycles. The summed E-state index contributed by atoms with van der Waals surface area (Å²) in [7, 11) is 1.63. The molecule has 1 aromatic carbocycles. The van der Waals surface area contributed by atoms with E-state index in [0.29, 0.717) is 37.6 Å². The molecule has 136 valence electrons. The van der Waals surface area contributed by atoms with Crippen LogP contribution in [0.4, 0.5) is 5.69 Å². The summed E-state index contributed by atoms with van der Waals surface area (Å²) in [5.74, 6) is -0.189. The molecule has 3 rings (SSSR count). The summed E-state index contributed by atoms with van der Waals surface area (Å²) in [6, 6.07) is 5.43. The van der Waals surface area contributed by atoms with Crippen molar-refractivity contribution in [3.63, 3.8) is 0 Å². The van der Waals surface area contributed by atoms with Crippen LogP contribution in [-0.2, 0) is 14.3 Å². The zero-order chi connectivity index (χ0) is 17.6. The molecule has 0 aliphatic carbocycles. The largest absolute Gasteiger partial charge is 0.385 e. The average Bonchev–Trinajstić information content (AvgIpc) is 2.64. The first kappa shape index (κ1) is 18.2. The Morgan fingerprint density at radius 3 is 3.00 bits per heavy atom. The number of nitrogens with one attached hydrogen (secondary N) is 2. The van der Waals surface area contributed by atoms with E-state index in [0.717, 1.165) is 24.4 Å². The summed E-state index contributed by atoms with van der Waals surface area (Å²) in [5, 5.41) is 5.54. The van der Waals surface area contributed by atoms with Crippen molar-refractivity contribution < 1.29 is 19.1 Å². The fourth-order valence-corrected chi connectivity index (χ4v) is 3.96. The van der Waals surface area contributed by atoms with E-state index in [4.69, 9.17) is 9.47 Å². The van der Waals surface area contributed by atoms with Crippen LogP contribution < -0.4 is 10.6 Å². The van der Waals surface area contributed by atoms with Crippen LogP contribution in [-0.4, -0.2) is 68.7 Å². The minimum atomic E-state index is -0.245. The lowest BCUT2D eigenvalue weighted by atomic mass is 10.1. The number of benzene rings is 1. The molecule has 1 saturated heterocycles. The van der Waals surface area contributed by atoms with Gasteiger partial charge in [-0.15, -0.1) is 0 Å². The van der Waals surface area contributed by atoms with E-state index in [1.54, 1.807) is 19.2 Å². The molecule has 2 amide bonds. The third-order valence-corrected chi connectivity index (χ3v) is 5.50. The molecular formula is C17H23N3O4S. The van der Waals surface area contributed by atoms with Gasteiger partial charge in [-0.05, 0) is 24.6 Å². The normalized spacial score (nSPS) is 20.7. The Labute approximate surface area is 151 Å². The molecule has 0 saturated carbocycles. The molecule has 7 nitrogen and oxygen atoms in total. The molecule has 2 heterocycles. The third kappa shape index (κ3) is 4.52. The zero-order valence-electron chi connectivity index (χ0n) is 14.2. The number of carbonyl (C=O) groups excluding carboxylic acids is 2. The van der Waals surface area contributed by atoms with Gasteiger partial charge in [0.25, 0.3) is 11.8 Å². The van der Waals surface area contributed by atoms with E-state index in [2.05, 4.69) is 15.5 Å². The van der Waals surface area contributed by atoms with Crippen LogP contribution in [0, 0.1) is 0 Å². The lowest BCUT2D eigenvalue weighted by molar-refractivity contribution is -0.119. The number of morpholine rings is 1. The summed E-state index contributed by atoms with van der Waals surface area (Å²) in [5.41, 5.74) is 1.24. The van der Waals surface area contributed by atoms with Gasteiger partial charge in [0.15, 0.2) is 0 Å². The fourth-order valence-electron chi connectivity index (χ4n) is 2.81. The van der Waals surface area contributed by atoms with E-state index in [1.807, 2.05) is 6.07 Å². The molecule has 0 radical (unpaired) electrons. The van der Waals surface area contributed by atoms with Crippen LogP contribution >= 0.6 is 11.8 Å². The number of fused-ring (bicyclic) bond motifs is 1. The van der Waals surface area contributed by atoms with E-state index >= 15 is 0 Å². The Hall–Kier alpha value is -1.61. The smallest absolute Gasteiger partial charge is 0.252 e. The standard InChI is InChI=1S/C17H23N3O4S/c1-23-8-2-5-18-15(21)12-3-4-14-13(11-12)19-16(22)17(25-14)20-6-9-24-10-7-20/h3-4,11,17H,2,5-10H2,1H3,(H,18,21)(H,19,22). The number of thioether (sulfide) groups is 1. The van der Waals surface area contributed by atoms with E-state index in [9.17, 15) is 9.59 Å². The maximum absolute atomic E-state index is 12.5. The molecule has 1 atom stereocenters. The van der Waals surface area contributed by atoms with Gasteiger partial charge >= 0.3 is 0 Å². The molecule has 1 unspecified atom stereocenters. The Morgan fingerprint density at radius 2 is 2.24 bits per heavy atom. The van der Waals surface area contributed by atoms with Gasteiger partial charge in [-0.1, -0.05) is 11.8 Å². The monoisotopic (exact) mass is 365 g/mol. The molecule has 2 N–H and O–H groups in total. The minimum Gasteiger partial charge on any atom is -0.385 e. The second-order valence-electron chi connectivity index (χ2n) is 5.92. The van der Waals surface area contributed by atoms with Gasteiger partial charge in [-0.25, -0.2) is 0 Å². The fraction of sp³-hybridized carbons (Fsp3) is 0.529. The molecule has 0 bridgehead atoms. The van der Waals surface area contributed by atoms with Crippen LogP contribution in [0.2, 0.25) is 0 Å². The number of nitrogens with zero attached hydrogens (tertiary/aromatic N) is 1. The summed E-state index contributed by atoms with van der Waals surface area (Å²) in [6.45, 7) is 3.98. The van der Waals surface area contributed by atoms with E-state index in [-0.39, 0.29) is 17.2 Å². The van der Waals surface area contributed by atoms with Crippen LogP contribution in [0.15, 0.2) is 23.1 Å². The Morgan fingerprint density at radius 1 is 1.44 bits per heavy atom. The zero-order valence-corrected chi connectivity index (χ0v) is 15.1. The summed E-state index contributed by atoms with van der Waals surface area (Å²) < 4.78 is 10.3. The number of hydrogen-bond donors (Lipinski definition) is 2. The summed E-state index contributed by atoms with van der Waals surface area (Å²) >= 11 is 1.53. The third-order valence-electron chi connectivity index (χ3n) is 4.15. The highest BCUT2D eigenvalue weighted by molar-refractivity contribution is 8.00. The van der Waals surface area contributed by atoms with Crippen molar-refractivity contribution in [2.75, 3.05) is 51.9 Å². The van der Waals surface area contributed by atoms with Crippen molar-refractivity contribution >= 4 is 29.3 Å². The maximum atomic E-state index is 12.5. The quantitative estimate of drug-likeness (QED) is 0.737. The predicted octanol–water partition coefficient (Wildman–Crippen LogP) is 1.16. The van der Waals surface area contributed by atoms with Gasteiger partial charge in [0.05, 0.1) is 18.9 Å². The van der Waals surface area contributed by atoms with Gasteiger partial charge in [0.2, 0.25) is 0 Å². The molecule has 0 spiro atoms. The van der Waals surface area contributed by atoms with Gasteiger partial charge < -0.3 is 20.1 Å². The van der Waals surface area contributed by atoms with Gasteiger partial charge in [0.1, 0.15) is 5.37 Å². The van der Waals surface area contributed by atoms with Crippen LogP contribution in [0.3, 0.4) is 0 Å². The van der Waals surface area contributed by atoms with Crippen LogP contribution in [0.25, 0.3) is 0 Å². The second kappa shape index (κ2) is 8.66. The number of carbonyl (C=O) groups is 2. The number of methoxy groups -OCH3 is 1. The van der Waals surface area contributed by atoms with Gasteiger partial charge in [0, 0.05) is 43.8 Å². The number of ether oxygens (including phenoxy) is 2. The molecule has 1 fully saturated rings. The predicted molar refractivity (Wildman–Crippen MR) is 95.9 cm³/mol. The van der Waals surface area contributed by atoms with Gasteiger partial charge in [-0.3, -0.25) is 14.5 Å². The Balaban J connectivity index is 1.64. The van der Waals surface area contributed by atoms with E-state index < -0.39 is 0 Å². The lowest BCUT2D eigenvalue weighted by Crippen LogP contribution is -2.48. The van der Waals surface area contributed by atoms with Crippen molar-refractivity contribution in [3.05, 3.63) is 23.8 Å². The summed E-state index contributed by atoms with van der Waals surface area (Å²) in [6.07, 6.45) is 0.765. The van der Waals surface area contributed by atoms with Crippen molar-refractivity contribution in [1.82, 2.24) is 10.2 Å². The molecule has 1 aromatic rings. The molecule has 0 aromatic heterocycles. The Bertz CT molecular complexity index is 634. The highest BCUT2D eigenvalue weighted by Gasteiger charge is 2.33. The molecule has 8 heteroatoms. The van der Waals surface area contributed by atoms with Crippen molar-refractivity contribution in [1.29, 1.82) is 0 Å². The first-order chi connectivity index (χ1) is 12.2. The molecule has 2 aliphatic rings. The van der Waals surface area contributed by atoms with Crippen molar-refractivity contribution in [2.24, 2.45) is 0 Å². The molecule has 25 heavy (non-hydrogen) atoms. The van der Waals surface area contributed by atoms with Crippen LogP contribution in [0.5, 0.6) is 0 Å². The summed E-state index contributed by atoms with van der Waals surface area (Å²) in [4.78, 5) is 27.8. The van der Waals surface area contributed by atoms with Crippen LogP contribution in [0.1, 0.15) is 16.8 Å². The highest BCUT2D eigenvalue weighted by Crippen LogP contribution is 2.37. The maximum Gasteiger partial charge on any atom is 0.252 e.